The number of hydrogen-bond donors (Lipinski definition) is 0. The minimum absolute atomic E-state index is 0.0681. The third-order valence-corrected chi connectivity index (χ3v) is 1.57. The average molecular weight is 177 g/mol. The van der Waals surface area contributed by atoms with Gasteiger partial charge in [-0.25, -0.2) is 4.98 Å². The first-order valence-corrected chi connectivity index (χ1v) is 3.94. The van der Waals surface area contributed by atoms with Crippen molar-refractivity contribution in [2.45, 2.75) is 20.8 Å². The molecule has 68 valence electrons. The summed E-state index contributed by atoms with van der Waals surface area (Å²) in [4.78, 5) is 15.4. The third-order valence-electron chi connectivity index (χ3n) is 1.57. The molecule has 0 bridgehead atoms. The number of carbonyl (C=O) groups is 1. The van der Waals surface area contributed by atoms with Crippen LogP contribution in [0.4, 0.5) is 0 Å². The van der Waals surface area contributed by atoms with Gasteiger partial charge in [-0.05, 0) is 0 Å². The topological polar surface area (TPSA) is 58.7 Å². The number of carbonyl (C=O) groups excluding carboxylic acids is 1. The fourth-order valence-electron chi connectivity index (χ4n) is 0.879. The monoisotopic (exact) mass is 177 g/mol. The third kappa shape index (κ3) is 1.94. The Bertz CT molecular complexity index is 365. The summed E-state index contributed by atoms with van der Waals surface area (Å²) in [6.07, 6.45) is 2.81. The SMILES string of the molecule is CC(C)(C)C(=O)n1cnc(C#N)c1. The molecule has 0 aliphatic rings. The molecule has 4 nitrogen and oxygen atoms in total. The van der Waals surface area contributed by atoms with Gasteiger partial charge in [0.05, 0.1) is 0 Å². The lowest BCUT2D eigenvalue weighted by Crippen LogP contribution is -2.25. The molecule has 0 saturated heterocycles. The quantitative estimate of drug-likeness (QED) is 0.602. The second-order valence-corrected chi connectivity index (χ2v) is 3.83. The van der Waals surface area contributed by atoms with E-state index < -0.39 is 5.41 Å². The Balaban J connectivity index is 2.98. The number of aromatic nitrogens is 2. The maximum Gasteiger partial charge on any atom is 0.237 e. The molecule has 0 spiro atoms. The van der Waals surface area contributed by atoms with E-state index in [2.05, 4.69) is 4.98 Å². The highest BCUT2D eigenvalue weighted by Crippen LogP contribution is 2.16. The van der Waals surface area contributed by atoms with E-state index in [9.17, 15) is 4.79 Å². The Hall–Kier alpha value is -1.63. The van der Waals surface area contributed by atoms with E-state index in [0.717, 1.165) is 0 Å². The lowest BCUT2D eigenvalue weighted by molar-refractivity contribution is 0.0766. The molecular formula is C9H11N3O. The van der Waals surface area contributed by atoms with E-state index in [4.69, 9.17) is 5.26 Å². The molecule has 1 heterocycles. The van der Waals surface area contributed by atoms with Gasteiger partial charge >= 0.3 is 0 Å². The minimum Gasteiger partial charge on any atom is -0.274 e. The average Bonchev–Trinajstić information content (AvgIpc) is 2.48. The summed E-state index contributed by atoms with van der Waals surface area (Å²) in [7, 11) is 0. The molecule has 0 saturated carbocycles. The second-order valence-electron chi connectivity index (χ2n) is 3.83. The van der Waals surface area contributed by atoms with Gasteiger partial charge in [-0.3, -0.25) is 9.36 Å². The molecule has 0 radical (unpaired) electrons. The Morgan fingerprint density at radius 2 is 2.23 bits per heavy atom. The number of rotatable bonds is 0. The predicted molar refractivity (Wildman–Crippen MR) is 47.0 cm³/mol. The molecule has 0 unspecified atom stereocenters. The lowest BCUT2D eigenvalue weighted by Gasteiger charge is -2.15. The first-order chi connectivity index (χ1) is 5.95. The predicted octanol–water partition coefficient (Wildman–Crippen LogP) is 1.44. The van der Waals surface area contributed by atoms with Crippen LogP contribution in [0.5, 0.6) is 0 Å². The van der Waals surface area contributed by atoms with Crippen molar-refractivity contribution in [2.75, 3.05) is 0 Å². The molecule has 0 aliphatic heterocycles. The lowest BCUT2D eigenvalue weighted by atomic mass is 9.96. The van der Waals surface area contributed by atoms with Crippen LogP contribution in [0.25, 0.3) is 0 Å². The Morgan fingerprint density at radius 3 is 2.62 bits per heavy atom. The molecule has 1 aromatic heterocycles. The summed E-state index contributed by atoms with van der Waals surface area (Å²) >= 11 is 0. The highest BCUT2D eigenvalue weighted by molar-refractivity contribution is 5.83. The highest BCUT2D eigenvalue weighted by atomic mass is 16.2. The van der Waals surface area contributed by atoms with Crippen molar-refractivity contribution in [3.05, 3.63) is 18.2 Å². The molecule has 0 fully saturated rings. The van der Waals surface area contributed by atoms with Gasteiger partial charge in [0, 0.05) is 11.6 Å². The van der Waals surface area contributed by atoms with Crippen LogP contribution in [0.15, 0.2) is 12.5 Å². The van der Waals surface area contributed by atoms with E-state index in [-0.39, 0.29) is 11.6 Å². The Morgan fingerprint density at radius 1 is 1.62 bits per heavy atom. The maximum absolute atomic E-state index is 11.6. The molecule has 4 heteroatoms. The number of hydrogen-bond acceptors (Lipinski definition) is 3. The Kier molecular flexibility index (Phi) is 2.20. The van der Waals surface area contributed by atoms with Crippen LogP contribution in [0, 0.1) is 16.7 Å². The van der Waals surface area contributed by atoms with Crippen LogP contribution < -0.4 is 0 Å². The van der Waals surface area contributed by atoms with E-state index in [1.165, 1.54) is 17.1 Å². The van der Waals surface area contributed by atoms with E-state index in [1.807, 2.05) is 26.8 Å². The molecule has 13 heavy (non-hydrogen) atoms. The zero-order chi connectivity index (χ0) is 10.1. The number of imidazole rings is 1. The summed E-state index contributed by atoms with van der Waals surface area (Å²) in [5.41, 5.74) is -0.189. The van der Waals surface area contributed by atoms with Gasteiger partial charge in [0.2, 0.25) is 5.91 Å². The van der Waals surface area contributed by atoms with Crippen molar-refractivity contribution >= 4 is 5.91 Å². The second kappa shape index (κ2) is 3.02. The van der Waals surface area contributed by atoms with Crippen LogP contribution in [0.1, 0.15) is 31.3 Å². The first kappa shape index (κ1) is 9.46. The van der Waals surface area contributed by atoms with Crippen LogP contribution >= 0.6 is 0 Å². The highest BCUT2D eigenvalue weighted by Gasteiger charge is 2.22. The number of nitrogens with zero attached hydrogens (tertiary/aromatic N) is 3. The van der Waals surface area contributed by atoms with Crippen LogP contribution in [0.3, 0.4) is 0 Å². The van der Waals surface area contributed by atoms with Gasteiger partial charge in [-0.15, -0.1) is 0 Å². The molecule has 0 atom stereocenters. The van der Waals surface area contributed by atoms with Gasteiger partial charge in [0.1, 0.15) is 12.4 Å². The fourth-order valence-corrected chi connectivity index (χ4v) is 0.879. The van der Waals surface area contributed by atoms with Crippen molar-refractivity contribution in [1.29, 1.82) is 5.26 Å². The fraction of sp³-hybridized carbons (Fsp3) is 0.444. The largest absolute Gasteiger partial charge is 0.274 e. The van der Waals surface area contributed by atoms with Crippen LogP contribution in [0.2, 0.25) is 0 Å². The number of nitriles is 1. The summed E-state index contributed by atoms with van der Waals surface area (Å²) in [5.74, 6) is -0.0681. The van der Waals surface area contributed by atoms with Gasteiger partial charge < -0.3 is 0 Å². The van der Waals surface area contributed by atoms with Crippen LogP contribution in [-0.4, -0.2) is 15.5 Å². The zero-order valence-electron chi connectivity index (χ0n) is 7.90. The van der Waals surface area contributed by atoms with Gasteiger partial charge in [-0.1, -0.05) is 20.8 Å². The van der Waals surface area contributed by atoms with Crippen molar-refractivity contribution in [3.8, 4) is 6.07 Å². The standard InChI is InChI=1S/C9H11N3O/c1-9(2,3)8(13)12-5-7(4-10)11-6-12/h5-6H,1-3H3. The Labute approximate surface area is 76.8 Å². The van der Waals surface area contributed by atoms with Gasteiger partial charge in [-0.2, -0.15) is 5.26 Å². The van der Waals surface area contributed by atoms with Gasteiger partial charge in [0.25, 0.3) is 0 Å². The molecule has 0 aliphatic carbocycles. The normalized spacial score (nSPS) is 10.9. The smallest absolute Gasteiger partial charge is 0.237 e. The van der Waals surface area contributed by atoms with E-state index in [1.54, 1.807) is 0 Å². The molecule has 1 aromatic rings. The van der Waals surface area contributed by atoms with Gasteiger partial charge in [0.15, 0.2) is 5.69 Å². The minimum atomic E-state index is -0.451. The van der Waals surface area contributed by atoms with E-state index in [0.29, 0.717) is 0 Å². The van der Waals surface area contributed by atoms with E-state index >= 15 is 0 Å². The molecule has 0 N–H and O–H groups in total. The maximum atomic E-state index is 11.6. The molecule has 0 amide bonds. The molecule has 1 rings (SSSR count). The van der Waals surface area contributed by atoms with Crippen molar-refractivity contribution in [2.24, 2.45) is 5.41 Å². The summed E-state index contributed by atoms with van der Waals surface area (Å²) in [5, 5.41) is 8.50. The molecule has 0 aromatic carbocycles. The summed E-state index contributed by atoms with van der Waals surface area (Å²) in [6.45, 7) is 5.46. The first-order valence-electron chi connectivity index (χ1n) is 3.94. The van der Waals surface area contributed by atoms with Crippen molar-refractivity contribution in [3.63, 3.8) is 0 Å². The van der Waals surface area contributed by atoms with Crippen molar-refractivity contribution in [1.82, 2.24) is 9.55 Å². The molecular weight excluding hydrogens is 166 g/mol. The summed E-state index contributed by atoms with van der Waals surface area (Å²) in [6, 6.07) is 1.87. The van der Waals surface area contributed by atoms with Crippen LogP contribution in [-0.2, 0) is 0 Å². The zero-order valence-corrected chi connectivity index (χ0v) is 7.90. The van der Waals surface area contributed by atoms with Crippen molar-refractivity contribution < 1.29 is 4.79 Å². The summed E-state index contributed by atoms with van der Waals surface area (Å²) < 4.78 is 1.35.